The number of hydrogen-bond acceptors (Lipinski definition) is 4. The van der Waals surface area contributed by atoms with E-state index >= 15 is 0 Å². The number of carboxylic acid groups (broad SMARTS) is 1. The Labute approximate surface area is 70.3 Å². The summed E-state index contributed by atoms with van der Waals surface area (Å²) in [7, 11) is 1.22. The van der Waals surface area contributed by atoms with E-state index in [9.17, 15) is 9.59 Å². The third-order valence-electron chi connectivity index (χ3n) is 1.17. The van der Waals surface area contributed by atoms with E-state index in [-0.39, 0.29) is 13.0 Å². The lowest BCUT2D eigenvalue weighted by Gasteiger charge is -2.00. The van der Waals surface area contributed by atoms with E-state index in [0.717, 1.165) is 0 Å². The smallest absolute Gasteiger partial charge is 0.481 e. The molecule has 5 nitrogen and oxygen atoms in total. The normalized spacial score (nSPS) is 9.08. The third kappa shape index (κ3) is 6.85. The van der Waals surface area contributed by atoms with E-state index in [4.69, 9.17) is 5.11 Å². The first-order chi connectivity index (χ1) is 5.66. The zero-order valence-corrected chi connectivity index (χ0v) is 6.91. The summed E-state index contributed by atoms with van der Waals surface area (Å²) < 4.78 is 8.72. The van der Waals surface area contributed by atoms with Crippen molar-refractivity contribution in [2.24, 2.45) is 0 Å². The van der Waals surface area contributed by atoms with Crippen LogP contribution in [0.4, 0.5) is 4.79 Å². The molecule has 70 valence electrons. The number of aliphatic carboxylic acids is 1. The van der Waals surface area contributed by atoms with E-state index in [1.807, 2.05) is 0 Å². The highest BCUT2D eigenvalue weighted by Gasteiger charge is 2.00. The monoisotopic (exact) mass is 176 g/mol. The molecule has 0 aromatic rings. The second kappa shape index (κ2) is 6.45. The Hall–Kier alpha value is -1.26. The minimum atomic E-state index is -0.840. The van der Waals surface area contributed by atoms with Gasteiger partial charge in [0.15, 0.2) is 0 Å². The lowest BCUT2D eigenvalue weighted by atomic mass is 10.2. The number of hydrogen-bond donors (Lipinski definition) is 1. The predicted octanol–water partition coefficient (Wildman–Crippen LogP) is 1.02. The Morgan fingerprint density at radius 2 is 2.00 bits per heavy atom. The Morgan fingerprint density at radius 3 is 2.50 bits per heavy atom. The summed E-state index contributed by atoms with van der Waals surface area (Å²) in [5.41, 5.74) is 0. The topological polar surface area (TPSA) is 72.8 Å². The summed E-state index contributed by atoms with van der Waals surface area (Å²) in [5.74, 6) is -0.840. The van der Waals surface area contributed by atoms with Gasteiger partial charge in [-0.3, -0.25) is 4.79 Å². The molecule has 0 atom stereocenters. The zero-order chi connectivity index (χ0) is 9.40. The van der Waals surface area contributed by atoms with E-state index in [2.05, 4.69) is 9.47 Å². The van der Waals surface area contributed by atoms with Gasteiger partial charge >= 0.3 is 12.1 Å². The quantitative estimate of drug-likeness (QED) is 0.500. The van der Waals surface area contributed by atoms with Crippen molar-refractivity contribution in [1.82, 2.24) is 0 Å². The zero-order valence-electron chi connectivity index (χ0n) is 6.91. The van der Waals surface area contributed by atoms with Crippen LogP contribution in [0, 0.1) is 0 Å². The van der Waals surface area contributed by atoms with E-state index < -0.39 is 12.1 Å². The summed E-state index contributed by atoms with van der Waals surface area (Å²) in [6.07, 6.45) is 0.420. The van der Waals surface area contributed by atoms with E-state index in [0.29, 0.717) is 12.8 Å². The van der Waals surface area contributed by atoms with Crippen LogP contribution in [0.2, 0.25) is 0 Å². The molecule has 12 heavy (non-hydrogen) atoms. The first kappa shape index (κ1) is 10.7. The molecule has 0 amide bonds. The Morgan fingerprint density at radius 1 is 1.33 bits per heavy atom. The second-order valence-electron chi connectivity index (χ2n) is 2.15. The maximum atomic E-state index is 10.3. The van der Waals surface area contributed by atoms with Gasteiger partial charge in [-0.1, -0.05) is 0 Å². The summed E-state index contributed by atoms with van der Waals surface area (Å²) in [5, 5.41) is 8.24. The number of carbonyl (C=O) groups excluding carboxylic acids is 1. The van der Waals surface area contributed by atoms with Crippen LogP contribution in [0.25, 0.3) is 0 Å². The van der Waals surface area contributed by atoms with Crippen LogP contribution in [-0.2, 0) is 14.3 Å². The molecule has 0 aliphatic carbocycles. The molecule has 0 radical (unpaired) electrons. The Bertz CT molecular complexity index is 154. The maximum Gasteiger partial charge on any atom is 0.507 e. The molecule has 0 fully saturated rings. The van der Waals surface area contributed by atoms with Gasteiger partial charge in [-0.25, -0.2) is 4.79 Å². The molecular formula is C7H12O5. The minimum Gasteiger partial charge on any atom is -0.481 e. The number of methoxy groups -OCH3 is 1. The number of carboxylic acids is 1. The molecule has 0 bridgehead atoms. The van der Waals surface area contributed by atoms with Crippen molar-refractivity contribution in [3.05, 3.63) is 0 Å². The fourth-order valence-electron chi connectivity index (χ4n) is 0.593. The second-order valence-corrected chi connectivity index (χ2v) is 2.15. The van der Waals surface area contributed by atoms with E-state index in [1.165, 1.54) is 7.11 Å². The van der Waals surface area contributed by atoms with Gasteiger partial charge in [0.05, 0.1) is 13.7 Å². The molecule has 0 saturated heterocycles. The molecule has 0 unspecified atom stereocenters. The van der Waals surface area contributed by atoms with Gasteiger partial charge < -0.3 is 14.6 Å². The lowest BCUT2D eigenvalue weighted by Crippen LogP contribution is -2.05. The Kier molecular flexibility index (Phi) is 5.77. The average Bonchev–Trinajstić information content (AvgIpc) is 2.03. The molecule has 0 aliphatic rings. The summed E-state index contributed by atoms with van der Waals surface area (Å²) in [6.45, 7) is 0.208. The van der Waals surface area contributed by atoms with Crippen LogP contribution >= 0.6 is 0 Å². The predicted molar refractivity (Wildman–Crippen MR) is 39.8 cm³/mol. The molecule has 0 aromatic carbocycles. The van der Waals surface area contributed by atoms with Crippen LogP contribution < -0.4 is 0 Å². The van der Waals surface area contributed by atoms with Crippen LogP contribution in [0.5, 0.6) is 0 Å². The minimum absolute atomic E-state index is 0.102. The van der Waals surface area contributed by atoms with Crippen molar-refractivity contribution < 1.29 is 24.2 Å². The fourth-order valence-corrected chi connectivity index (χ4v) is 0.593. The molecule has 1 N–H and O–H groups in total. The van der Waals surface area contributed by atoms with E-state index in [1.54, 1.807) is 0 Å². The van der Waals surface area contributed by atoms with Crippen molar-refractivity contribution in [1.29, 1.82) is 0 Å². The molecule has 5 heteroatoms. The van der Waals surface area contributed by atoms with Gasteiger partial charge in [-0.05, 0) is 12.8 Å². The molecule has 0 saturated carbocycles. The highest BCUT2D eigenvalue weighted by Crippen LogP contribution is 1.96. The largest absolute Gasteiger partial charge is 0.507 e. The first-order valence-electron chi connectivity index (χ1n) is 3.59. The van der Waals surface area contributed by atoms with Gasteiger partial charge in [-0.2, -0.15) is 0 Å². The molecule has 0 aliphatic heterocycles. The number of rotatable bonds is 5. The molecule has 0 rings (SSSR count). The van der Waals surface area contributed by atoms with Crippen molar-refractivity contribution in [3.63, 3.8) is 0 Å². The van der Waals surface area contributed by atoms with Crippen molar-refractivity contribution in [2.45, 2.75) is 19.3 Å². The van der Waals surface area contributed by atoms with Crippen LogP contribution in [0.1, 0.15) is 19.3 Å². The van der Waals surface area contributed by atoms with Crippen molar-refractivity contribution in [3.8, 4) is 0 Å². The van der Waals surface area contributed by atoms with Gasteiger partial charge in [0.2, 0.25) is 0 Å². The Balaban J connectivity index is 3.11. The number of unbranched alkanes of at least 4 members (excludes halogenated alkanes) is 1. The van der Waals surface area contributed by atoms with Gasteiger partial charge in [-0.15, -0.1) is 0 Å². The molecule has 0 heterocycles. The lowest BCUT2D eigenvalue weighted by molar-refractivity contribution is -0.137. The van der Waals surface area contributed by atoms with Crippen molar-refractivity contribution in [2.75, 3.05) is 13.7 Å². The standard InChI is InChI=1S/C7H12O5/c1-11-7(10)12-5-3-2-4-6(8)9/h2-5H2,1H3,(H,8,9). The van der Waals surface area contributed by atoms with Gasteiger partial charge in [0.1, 0.15) is 0 Å². The van der Waals surface area contributed by atoms with Gasteiger partial charge in [0, 0.05) is 6.42 Å². The summed E-state index contributed by atoms with van der Waals surface area (Å²) in [6, 6.07) is 0. The summed E-state index contributed by atoms with van der Waals surface area (Å²) >= 11 is 0. The van der Waals surface area contributed by atoms with Crippen LogP contribution in [0.15, 0.2) is 0 Å². The molecule has 0 spiro atoms. The average molecular weight is 176 g/mol. The number of carbonyl (C=O) groups is 2. The fraction of sp³-hybridized carbons (Fsp3) is 0.714. The molecular weight excluding hydrogens is 164 g/mol. The highest BCUT2D eigenvalue weighted by atomic mass is 16.7. The van der Waals surface area contributed by atoms with Crippen LogP contribution in [0.3, 0.4) is 0 Å². The maximum absolute atomic E-state index is 10.3. The third-order valence-corrected chi connectivity index (χ3v) is 1.17. The SMILES string of the molecule is COC(=O)OCCCCC(=O)O. The van der Waals surface area contributed by atoms with Crippen LogP contribution in [-0.4, -0.2) is 30.9 Å². The van der Waals surface area contributed by atoms with Crippen molar-refractivity contribution >= 4 is 12.1 Å². The highest BCUT2D eigenvalue weighted by molar-refractivity contribution is 5.66. The summed E-state index contributed by atoms with van der Waals surface area (Å²) in [4.78, 5) is 20.4. The number of ether oxygens (including phenoxy) is 2. The first-order valence-corrected chi connectivity index (χ1v) is 3.59. The molecule has 0 aromatic heterocycles. The van der Waals surface area contributed by atoms with Gasteiger partial charge in [0.25, 0.3) is 0 Å².